The number of rotatable bonds is 5. The van der Waals surface area contributed by atoms with Crippen LogP contribution in [0.4, 0.5) is 0 Å². The Kier molecular flexibility index (Phi) is 4.73. The summed E-state index contributed by atoms with van der Waals surface area (Å²) in [6.45, 7) is 9.42. The Labute approximate surface area is 96.8 Å². The molecule has 5 heteroatoms. The van der Waals surface area contributed by atoms with E-state index in [2.05, 4.69) is 5.32 Å². The molecular weight excluding hydrogens is 206 g/mol. The number of nitrogens with one attached hydrogen (secondary N) is 1. The van der Waals surface area contributed by atoms with Gasteiger partial charge in [0, 0.05) is 32.2 Å². The largest absolute Gasteiger partial charge is 0.331 e. The van der Waals surface area contributed by atoms with E-state index in [0.717, 1.165) is 13.1 Å². The Morgan fingerprint density at radius 1 is 1.25 bits per heavy atom. The summed E-state index contributed by atoms with van der Waals surface area (Å²) < 4.78 is 0. The van der Waals surface area contributed by atoms with E-state index >= 15 is 0 Å². The van der Waals surface area contributed by atoms with Gasteiger partial charge in [0.25, 0.3) is 0 Å². The number of nitrogens with zero attached hydrogens (tertiary/aromatic N) is 2. The van der Waals surface area contributed by atoms with Gasteiger partial charge in [-0.1, -0.05) is 6.92 Å². The monoisotopic (exact) mass is 227 g/mol. The number of likely N-dealkylation sites (N-methyl/N-ethyl adjacent to an activating group) is 1. The second kappa shape index (κ2) is 5.84. The van der Waals surface area contributed by atoms with E-state index < -0.39 is 0 Å². The Morgan fingerprint density at radius 3 is 2.50 bits per heavy atom. The van der Waals surface area contributed by atoms with Crippen molar-refractivity contribution in [3.63, 3.8) is 0 Å². The molecule has 0 unspecified atom stereocenters. The molecule has 1 N–H and O–H groups in total. The standard InChI is InChI=1S/C11H21N3O2/c1-4-12-5-6-13-7-8-14(9(2)3)11(16)10(13)15/h9,12H,4-8H2,1-3H3. The van der Waals surface area contributed by atoms with Crippen molar-refractivity contribution in [1.82, 2.24) is 15.1 Å². The second-order valence-electron chi connectivity index (χ2n) is 4.24. The third kappa shape index (κ3) is 2.95. The SMILES string of the molecule is CCNCCN1CCN(C(C)C)C(=O)C1=O. The molecule has 0 saturated carbocycles. The number of hydrogen-bond acceptors (Lipinski definition) is 3. The van der Waals surface area contributed by atoms with Gasteiger partial charge in [0.15, 0.2) is 0 Å². The van der Waals surface area contributed by atoms with Crippen molar-refractivity contribution >= 4 is 11.8 Å². The van der Waals surface area contributed by atoms with E-state index in [4.69, 9.17) is 0 Å². The van der Waals surface area contributed by atoms with Crippen LogP contribution in [0.25, 0.3) is 0 Å². The fourth-order valence-corrected chi connectivity index (χ4v) is 1.79. The van der Waals surface area contributed by atoms with Gasteiger partial charge in [-0.2, -0.15) is 0 Å². The molecule has 0 aliphatic carbocycles. The van der Waals surface area contributed by atoms with E-state index in [0.29, 0.717) is 19.6 Å². The number of carbonyl (C=O) groups is 2. The highest BCUT2D eigenvalue weighted by molar-refractivity contribution is 6.35. The van der Waals surface area contributed by atoms with E-state index in [1.807, 2.05) is 20.8 Å². The molecule has 1 heterocycles. The fourth-order valence-electron chi connectivity index (χ4n) is 1.79. The lowest BCUT2D eigenvalue weighted by atomic mass is 10.2. The molecular formula is C11H21N3O2. The summed E-state index contributed by atoms with van der Waals surface area (Å²) in [4.78, 5) is 26.7. The smallest absolute Gasteiger partial charge is 0.312 e. The van der Waals surface area contributed by atoms with Crippen molar-refractivity contribution in [2.75, 3.05) is 32.7 Å². The third-order valence-corrected chi connectivity index (χ3v) is 2.77. The first-order chi connectivity index (χ1) is 7.57. The van der Waals surface area contributed by atoms with Crippen molar-refractivity contribution in [3.05, 3.63) is 0 Å². The average Bonchev–Trinajstić information content (AvgIpc) is 2.24. The molecule has 1 aliphatic rings. The van der Waals surface area contributed by atoms with Crippen LogP contribution in [0.2, 0.25) is 0 Å². The van der Waals surface area contributed by atoms with Crippen molar-refractivity contribution in [3.8, 4) is 0 Å². The minimum atomic E-state index is -0.363. The molecule has 16 heavy (non-hydrogen) atoms. The molecule has 1 aliphatic heterocycles. The van der Waals surface area contributed by atoms with E-state index in [1.165, 1.54) is 0 Å². The van der Waals surface area contributed by atoms with E-state index in [1.54, 1.807) is 9.80 Å². The fraction of sp³-hybridized carbons (Fsp3) is 0.818. The molecule has 1 rings (SSSR count). The van der Waals surface area contributed by atoms with Gasteiger partial charge in [0.2, 0.25) is 0 Å². The summed E-state index contributed by atoms with van der Waals surface area (Å²) >= 11 is 0. The first-order valence-electron chi connectivity index (χ1n) is 5.88. The lowest BCUT2D eigenvalue weighted by Gasteiger charge is -2.36. The highest BCUT2D eigenvalue weighted by Gasteiger charge is 2.33. The maximum Gasteiger partial charge on any atom is 0.312 e. The van der Waals surface area contributed by atoms with Gasteiger partial charge in [0.1, 0.15) is 0 Å². The highest BCUT2D eigenvalue weighted by Crippen LogP contribution is 2.08. The number of hydrogen-bond donors (Lipinski definition) is 1. The molecule has 1 fully saturated rings. The van der Waals surface area contributed by atoms with Crippen LogP contribution in [0.5, 0.6) is 0 Å². The predicted molar refractivity (Wildman–Crippen MR) is 62.0 cm³/mol. The molecule has 2 amide bonds. The van der Waals surface area contributed by atoms with Crippen molar-refractivity contribution in [2.24, 2.45) is 0 Å². The lowest BCUT2D eigenvalue weighted by Crippen LogP contribution is -2.57. The zero-order valence-corrected chi connectivity index (χ0v) is 10.3. The lowest BCUT2D eigenvalue weighted by molar-refractivity contribution is -0.157. The summed E-state index contributed by atoms with van der Waals surface area (Å²) in [6.07, 6.45) is 0. The zero-order valence-electron chi connectivity index (χ0n) is 10.3. The molecule has 0 bridgehead atoms. The van der Waals surface area contributed by atoms with Gasteiger partial charge in [-0.15, -0.1) is 0 Å². The Balaban J connectivity index is 2.48. The molecule has 0 spiro atoms. The van der Waals surface area contributed by atoms with Crippen LogP contribution in [-0.4, -0.2) is 60.4 Å². The van der Waals surface area contributed by atoms with Gasteiger partial charge < -0.3 is 15.1 Å². The summed E-state index contributed by atoms with van der Waals surface area (Å²) in [6, 6.07) is 0.104. The molecule has 0 aromatic heterocycles. The minimum Gasteiger partial charge on any atom is -0.331 e. The number of carbonyl (C=O) groups excluding carboxylic acids is 2. The third-order valence-electron chi connectivity index (χ3n) is 2.77. The molecule has 0 aromatic carbocycles. The Hall–Kier alpha value is -1.10. The summed E-state index contributed by atoms with van der Waals surface area (Å²) in [5.41, 5.74) is 0. The van der Waals surface area contributed by atoms with Crippen LogP contribution in [0.3, 0.4) is 0 Å². The summed E-state index contributed by atoms with van der Waals surface area (Å²) in [5.74, 6) is -0.726. The van der Waals surface area contributed by atoms with Gasteiger partial charge in [0.05, 0.1) is 0 Å². The molecule has 0 aromatic rings. The highest BCUT2D eigenvalue weighted by atomic mass is 16.2. The normalized spacial score (nSPS) is 17.5. The average molecular weight is 227 g/mol. The summed E-state index contributed by atoms with van der Waals surface area (Å²) in [7, 11) is 0. The molecule has 5 nitrogen and oxygen atoms in total. The van der Waals surface area contributed by atoms with Crippen LogP contribution >= 0.6 is 0 Å². The first kappa shape index (κ1) is 13.0. The Bertz CT molecular complexity index is 266. The van der Waals surface area contributed by atoms with Crippen molar-refractivity contribution in [2.45, 2.75) is 26.8 Å². The summed E-state index contributed by atoms with van der Waals surface area (Å²) in [5, 5.41) is 3.15. The maximum atomic E-state index is 11.7. The van der Waals surface area contributed by atoms with Gasteiger partial charge in [-0.25, -0.2) is 0 Å². The number of amides is 2. The maximum absolute atomic E-state index is 11.7. The van der Waals surface area contributed by atoms with Crippen LogP contribution in [0.1, 0.15) is 20.8 Å². The van der Waals surface area contributed by atoms with Crippen LogP contribution in [-0.2, 0) is 9.59 Å². The zero-order chi connectivity index (χ0) is 12.1. The molecule has 92 valence electrons. The van der Waals surface area contributed by atoms with Crippen LogP contribution in [0, 0.1) is 0 Å². The van der Waals surface area contributed by atoms with Gasteiger partial charge in [-0.05, 0) is 20.4 Å². The van der Waals surface area contributed by atoms with Crippen molar-refractivity contribution < 1.29 is 9.59 Å². The van der Waals surface area contributed by atoms with Crippen molar-refractivity contribution in [1.29, 1.82) is 0 Å². The van der Waals surface area contributed by atoms with Crippen LogP contribution < -0.4 is 5.32 Å². The Morgan fingerprint density at radius 2 is 1.94 bits per heavy atom. The number of piperazine rings is 1. The predicted octanol–water partition coefficient (Wildman–Crippen LogP) is -0.325. The topological polar surface area (TPSA) is 52.6 Å². The quantitative estimate of drug-likeness (QED) is 0.517. The minimum absolute atomic E-state index is 0.104. The first-order valence-corrected chi connectivity index (χ1v) is 5.88. The van der Waals surface area contributed by atoms with E-state index in [9.17, 15) is 9.59 Å². The van der Waals surface area contributed by atoms with Gasteiger partial charge >= 0.3 is 11.8 Å². The molecule has 0 atom stereocenters. The second-order valence-corrected chi connectivity index (χ2v) is 4.24. The van der Waals surface area contributed by atoms with E-state index in [-0.39, 0.29) is 17.9 Å². The van der Waals surface area contributed by atoms with Gasteiger partial charge in [-0.3, -0.25) is 9.59 Å². The van der Waals surface area contributed by atoms with Crippen LogP contribution in [0.15, 0.2) is 0 Å². The molecule has 1 saturated heterocycles. The molecule has 0 radical (unpaired) electrons.